The first-order chi connectivity index (χ1) is 8.01. The number of morpholine rings is 1. The van der Waals surface area contributed by atoms with Crippen LogP contribution in [-0.4, -0.2) is 41.2 Å². The number of ether oxygens (including phenoxy) is 1. The number of hydrogen-bond donors (Lipinski definition) is 1. The smallest absolute Gasteiger partial charge is 0.251 e. The van der Waals surface area contributed by atoms with E-state index in [0.717, 1.165) is 5.82 Å². The Kier molecular flexibility index (Phi) is 2.97. The number of anilines is 1. The van der Waals surface area contributed by atoms with Crippen LogP contribution >= 0.6 is 0 Å². The molecule has 92 valence electrons. The van der Waals surface area contributed by atoms with Crippen LogP contribution in [0.1, 0.15) is 12.7 Å². The molecule has 0 radical (unpaired) electrons. The third-order valence-corrected chi connectivity index (χ3v) is 2.88. The van der Waals surface area contributed by atoms with Gasteiger partial charge in [0, 0.05) is 12.7 Å². The lowest BCUT2D eigenvalue weighted by Crippen LogP contribution is -2.57. The van der Waals surface area contributed by atoms with Crippen molar-refractivity contribution in [2.45, 2.75) is 19.4 Å². The molecule has 17 heavy (non-hydrogen) atoms. The largest absolute Gasteiger partial charge is 0.367 e. The Labute approximate surface area is 99.8 Å². The molecule has 1 atom stereocenters. The number of amides is 1. The highest BCUT2D eigenvalue weighted by molar-refractivity contribution is 5.84. The van der Waals surface area contributed by atoms with Gasteiger partial charge in [0.2, 0.25) is 0 Å². The Balaban J connectivity index is 2.20. The maximum atomic E-state index is 11.4. The Morgan fingerprint density at radius 3 is 3.06 bits per heavy atom. The monoisotopic (exact) mass is 236 g/mol. The summed E-state index contributed by atoms with van der Waals surface area (Å²) in [5.41, 5.74) is 4.40. The van der Waals surface area contributed by atoms with Crippen molar-refractivity contribution in [3.63, 3.8) is 0 Å². The fourth-order valence-corrected chi connectivity index (χ4v) is 1.83. The van der Waals surface area contributed by atoms with E-state index in [1.807, 2.05) is 17.9 Å². The first kappa shape index (κ1) is 11.8. The lowest BCUT2D eigenvalue weighted by molar-refractivity contribution is -0.142. The quantitative estimate of drug-likeness (QED) is 0.773. The van der Waals surface area contributed by atoms with Crippen LogP contribution in [0.2, 0.25) is 0 Å². The number of nitrogens with zero attached hydrogens (tertiary/aromatic N) is 3. The molecule has 6 heteroatoms. The molecule has 2 N–H and O–H groups in total. The van der Waals surface area contributed by atoms with E-state index in [2.05, 4.69) is 9.97 Å². The second-order valence-corrected chi connectivity index (χ2v) is 4.33. The minimum absolute atomic E-state index is 0.415. The molecule has 6 nitrogen and oxygen atoms in total. The van der Waals surface area contributed by atoms with E-state index in [-0.39, 0.29) is 0 Å². The van der Waals surface area contributed by atoms with Crippen LogP contribution in [0.15, 0.2) is 12.3 Å². The summed E-state index contributed by atoms with van der Waals surface area (Å²) in [5, 5.41) is 0. The maximum Gasteiger partial charge on any atom is 0.251 e. The average Bonchev–Trinajstić information content (AvgIpc) is 2.29. The van der Waals surface area contributed by atoms with E-state index in [4.69, 9.17) is 10.5 Å². The summed E-state index contributed by atoms with van der Waals surface area (Å²) in [5.74, 6) is 1.05. The number of carbonyl (C=O) groups excluding carboxylic acids is 1. The van der Waals surface area contributed by atoms with Gasteiger partial charge in [-0.15, -0.1) is 0 Å². The topological polar surface area (TPSA) is 81.3 Å². The molecule has 2 heterocycles. The number of hydrogen-bond acceptors (Lipinski definition) is 5. The zero-order valence-corrected chi connectivity index (χ0v) is 10.0. The number of aryl methyl sites for hydroxylation is 1. The van der Waals surface area contributed by atoms with Crippen molar-refractivity contribution in [3.8, 4) is 0 Å². The fraction of sp³-hybridized carbons (Fsp3) is 0.545. The summed E-state index contributed by atoms with van der Waals surface area (Å²) in [6.45, 7) is 5.10. The van der Waals surface area contributed by atoms with Crippen molar-refractivity contribution < 1.29 is 9.53 Å². The Bertz CT molecular complexity index is 437. The third kappa shape index (κ3) is 2.36. The molecule has 1 aliphatic heterocycles. The molecule has 0 spiro atoms. The van der Waals surface area contributed by atoms with Gasteiger partial charge >= 0.3 is 0 Å². The summed E-state index contributed by atoms with van der Waals surface area (Å²) in [4.78, 5) is 21.7. The van der Waals surface area contributed by atoms with Gasteiger partial charge in [-0.05, 0) is 19.9 Å². The van der Waals surface area contributed by atoms with Gasteiger partial charge in [0.1, 0.15) is 11.6 Å². The summed E-state index contributed by atoms with van der Waals surface area (Å²) < 4.78 is 5.45. The molecule has 1 aliphatic rings. The SMILES string of the molecule is Cc1nccc(N2CCO[C@](C)(C(N)=O)C2)n1. The molecule has 1 aromatic heterocycles. The lowest BCUT2D eigenvalue weighted by Gasteiger charge is -2.38. The normalized spacial score (nSPS) is 24.7. The van der Waals surface area contributed by atoms with Crippen LogP contribution < -0.4 is 10.6 Å². The minimum Gasteiger partial charge on any atom is -0.367 e. The molecule has 0 bridgehead atoms. The fourth-order valence-electron chi connectivity index (χ4n) is 1.83. The van der Waals surface area contributed by atoms with Crippen LogP contribution in [0.25, 0.3) is 0 Å². The first-order valence-electron chi connectivity index (χ1n) is 5.50. The van der Waals surface area contributed by atoms with Crippen LogP contribution in [0, 0.1) is 6.92 Å². The highest BCUT2D eigenvalue weighted by Gasteiger charge is 2.38. The van der Waals surface area contributed by atoms with Crippen molar-refractivity contribution in [3.05, 3.63) is 18.1 Å². The van der Waals surface area contributed by atoms with Gasteiger partial charge < -0.3 is 15.4 Å². The van der Waals surface area contributed by atoms with E-state index in [1.165, 1.54) is 0 Å². The molecule has 1 fully saturated rings. The standard InChI is InChI=1S/C11H16N4O2/c1-8-13-4-3-9(14-8)15-5-6-17-11(2,7-15)10(12)16/h3-4H,5-7H2,1-2H3,(H2,12,16)/t11-/m0/s1. The highest BCUT2D eigenvalue weighted by Crippen LogP contribution is 2.21. The zero-order chi connectivity index (χ0) is 12.5. The van der Waals surface area contributed by atoms with Crippen LogP contribution in [0.3, 0.4) is 0 Å². The van der Waals surface area contributed by atoms with E-state index in [0.29, 0.717) is 25.5 Å². The number of rotatable bonds is 2. The molecular weight excluding hydrogens is 220 g/mol. The summed E-state index contributed by atoms with van der Waals surface area (Å²) in [7, 11) is 0. The van der Waals surface area contributed by atoms with E-state index in [1.54, 1.807) is 13.1 Å². The molecule has 0 saturated carbocycles. The van der Waals surface area contributed by atoms with Gasteiger partial charge in [0.25, 0.3) is 5.91 Å². The molecule has 0 aromatic carbocycles. The van der Waals surface area contributed by atoms with Crippen LogP contribution in [0.5, 0.6) is 0 Å². The average molecular weight is 236 g/mol. The number of carbonyl (C=O) groups is 1. The Hall–Kier alpha value is -1.69. The number of aromatic nitrogens is 2. The first-order valence-corrected chi connectivity index (χ1v) is 5.50. The van der Waals surface area contributed by atoms with Crippen molar-refractivity contribution in [2.75, 3.05) is 24.6 Å². The van der Waals surface area contributed by atoms with Gasteiger partial charge in [-0.2, -0.15) is 0 Å². The van der Waals surface area contributed by atoms with Crippen molar-refractivity contribution in [1.29, 1.82) is 0 Å². The molecule has 0 aliphatic carbocycles. The predicted octanol–water partition coefficient (Wildman–Crippen LogP) is -0.134. The summed E-state index contributed by atoms with van der Waals surface area (Å²) in [6, 6.07) is 1.82. The van der Waals surface area contributed by atoms with Gasteiger partial charge in [0.15, 0.2) is 5.60 Å². The summed E-state index contributed by atoms with van der Waals surface area (Å²) in [6.07, 6.45) is 1.70. The van der Waals surface area contributed by atoms with E-state index >= 15 is 0 Å². The molecule has 1 amide bonds. The highest BCUT2D eigenvalue weighted by atomic mass is 16.5. The van der Waals surface area contributed by atoms with Gasteiger partial charge in [-0.25, -0.2) is 9.97 Å². The molecule has 1 aromatic rings. The van der Waals surface area contributed by atoms with Gasteiger partial charge in [-0.1, -0.05) is 0 Å². The second-order valence-electron chi connectivity index (χ2n) is 4.33. The summed E-state index contributed by atoms with van der Waals surface area (Å²) >= 11 is 0. The third-order valence-electron chi connectivity index (χ3n) is 2.88. The van der Waals surface area contributed by atoms with E-state index in [9.17, 15) is 4.79 Å². The van der Waals surface area contributed by atoms with Gasteiger partial charge in [-0.3, -0.25) is 4.79 Å². The Morgan fingerprint density at radius 2 is 2.41 bits per heavy atom. The maximum absolute atomic E-state index is 11.4. The second kappa shape index (κ2) is 4.29. The van der Waals surface area contributed by atoms with Crippen LogP contribution in [-0.2, 0) is 9.53 Å². The lowest BCUT2D eigenvalue weighted by atomic mass is 10.0. The Morgan fingerprint density at radius 1 is 1.65 bits per heavy atom. The van der Waals surface area contributed by atoms with Crippen molar-refractivity contribution in [2.24, 2.45) is 5.73 Å². The van der Waals surface area contributed by atoms with Crippen molar-refractivity contribution in [1.82, 2.24) is 9.97 Å². The van der Waals surface area contributed by atoms with Gasteiger partial charge in [0.05, 0.1) is 13.2 Å². The minimum atomic E-state index is -0.947. The van der Waals surface area contributed by atoms with Crippen molar-refractivity contribution >= 4 is 11.7 Å². The van der Waals surface area contributed by atoms with E-state index < -0.39 is 11.5 Å². The molecular formula is C11H16N4O2. The molecule has 2 rings (SSSR count). The molecule has 1 saturated heterocycles. The number of nitrogens with two attached hydrogens (primary N) is 1. The molecule has 0 unspecified atom stereocenters. The number of primary amides is 1. The van der Waals surface area contributed by atoms with Crippen LogP contribution in [0.4, 0.5) is 5.82 Å². The zero-order valence-electron chi connectivity index (χ0n) is 10.0. The predicted molar refractivity (Wildman–Crippen MR) is 62.5 cm³/mol.